The molecule has 0 saturated heterocycles. The first-order chi connectivity index (χ1) is 8.59. The van der Waals surface area contributed by atoms with Crippen LogP contribution in [0.4, 0.5) is 0 Å². The molecule has 18 heavy (non-hydrogen) atoms. The van der Waals surface area contributed by atoms with Gasteiger partial charge >= 0.3 is 5.97 Å². The summed E-state index contributed by atoms with van der Waals surface area (Å²) in [6, 6.07) is 5.67. The monoisotopic (exact) mass is 307 g/mol. The number of ketones is 1. The second-order valence-electron chi connectivity index (χ2n) is 4.37. The molecule has 0 radical (unpaired) electrons. The molecule has 4 nitrogen and oxygen atoms in total. The number of carbonyl (C=O) groups excluding carboxylic acids is 1. The Morgan fingerprint density at radius 1 is 1.39 bits per heavy atom. The fourth-order valence-corrected chi connectivity index (χ4v) is 3.10. The van der Waals surface area contributed by atoms with Crippen molar-refractivity contribution in [1.82, 2.24) is 4.57 Å². The number of carboxylic acid groups (broad SMARTS) is 1. The molecule has 2 aromatic rings. The van der Waals surface area contributed by atoms with E-state index in [-0.39, 0.29) is 10.4 Å². The molecule has 1 aromatic heterocycles. The predicted molar refractivity (Wildman–Crippen MR) is 70.2 cm³/mol. The number of nitrogens with zero attached hydrogens (tertiary/aromatic N) is 1. The van der Waals surface area contributed by atoms with Crippen LogP contribution in [-0.4, -0.2) is 21.4 Å². The maximum atomic E-state index is 11.7. The highest BCUT2D eigenvalue weighted by Gasteiger charge is 2.26. The minimum atomic E-state index is -1.41. The van der Waals surface area contributed by atoms with Gasteiger partial charge in [0.05, 0.1) is 11.1 Å². The highest BCUT2D eigenvalue weighted by Crippen LogP contribution is 2.38. The van der Waals surface area contributed by atoms with Gasteiger partial charge in [-0.05, 0) is 12.0 Å². The van der Waals surface area contributed by atoms with Gasteiger partial charge in [-0.3, -0.25) is 4.79 Å². The normalized spacial score (nSPS) is 17.9. The number of aliphatic carboxylic acids is 1. The SMILES string of the molecule is O=C(O)C(=O)c1cn2c3c(cccc13)C(Br)CC2. The van der Waals surface area contributed by atoms with E-state index in [1.54, 1.807) is 12.3 Å². The summed E-state index contributed by atoms with van der Waals surface area (Å²) in [7, 11) is 0. The number of Topliss-reactive ketones (excluding diaryl/α,β-unsaturated/α-hetero) is 1. The molecular weight excluding hydrogens is 298 g/mol. The van der Waals surface area contributed by atoms with Crippen molar-refractivity contribution in [2.75, 3.05) is 0 Å². The number of para-hydroxylation sites is 1. The summed E-state index contributed by atoms with van der Waals surface area (Å²) in [5, 5.41) is 9.57. The van der Waals surface area contributed by atoms with Gasteiger partial charge in [0.15, 0.2) is 0 Å². The summed E-state index contributed by atoms with van der Waals surface area (Å²) in [5.74, 6) is -2.25. The van der Waals surface area contributed by atoms with Gasteiger partial charge in [0.2, 0.25) is 0 Å². The lowest BCUT2D eigenvalue weighted by atomic mass is 10.0. The van der Waals surface area contributed by atoms with Gasteiger partial charge in [0.25, 0.3) is 5.78 Å². The standard InChI is InChI=1S/C13H10BrNO3/c14-10-4-5-15-6-9(12(16)13(17)18)7-2-1-3-8(10)11(7)15/h1-3,6,10H,4-5H2,(H,17,18). The van der Waals surface area contributed by atoms with Crippen LogP contribution in [0.3, 0.4) is 0 Å². The first-order valence-electron chi connectivity index (χ1n) is 5.63. The Labute approximate surface area is 111 Å². The molecule has 92 valence electrons. The predicted octanol–water partition coefficient (Wildman–Crippen LogP) is 2.75. The Bertz CT molecular complexity index is 674. The quantitative estimate of drug-likeness (QED) is 0.527. The van der Waals surface area contributed by atoms with Crippen molar-refractivity contribution in [2.24, 2.45) is 0 Å². The summed E-state index contributed by atoms with van der Waals surface area (Å²) < 4.78 is 1.97. The molecule has 1 unspecified atom stereocenters. The molecule has 1 N–H and O–H groups in total. The third-order valence-corrected chi connectivity index (χ3v) is 4.28. The second kappa shape index (κ2) is 3.95. The molecule has 0 saturated carbocycles. The fourth-order valence-electron chi connectivity index (χ4n) is 2.52. The number of aryl methyl sites for hydroxylation is 1. The Morgan fingerprint density at radius 2 is 2.17 bits per heavy atom. The smallest absolute Gasteiger partial charge is 0.377 e. The zero-order valence-corrected chi connectivity index (χ0v) is 11.0. The number of alkyl halides is 1. The summed E-state index contributed by atoms with van der Waals surface area (Å²) in [4.78, 5) is 22.8. The Balaban J connectivity index is 2.33. The third kappa shape index (κ3) is 1.50. The number of halogens is 1. The summed E-state index contributed by atoms with van der Waals surface area (Å²) in [6.45, 7) is 0.788. The van der Waals surface area contributed by atoms with E-state index >= 15 is 0 Å². The summed E-state index contributed by atoms with van der Waals surface area (Å²) >= 11 is 3.61. The molecule has 5 heteroatoms. The zero-order valence-electron chi connectivity index (χ0n) is 9.39. The van der Waals surface area contributed by atoms with E-state index in [0.717, 1.165) is 29.4 Å². The molecule has 0 amide bonds. The zero-order chi connectivity index (χ0) is 12.9. The molecule has 0 bridgehead atoms. The van der Waals surface area contributed by atoms with E-state index in [9.17, 15) is 9.59 Å². The number of rotatable bonds is 2. The van der Waals surface area contributed by atoms with Crippen LogP contribution in [0.25, 0.3) is 10.9 Å². The number of carbonyl (C=O) groups is 2. The lowest BCUT2D eigenvalue weighted by Gasteiger charge is -2.20. The molecule has 1 aromatic carbocycles. The third-order valence-electron chi connectivity index (χ3n) is 3.33. The van der Waals surface area contributed by atoms with Gasteiger partial charge in [-0.1, -0.05) is 34.1 Å². The van der Waals surface area contributed by atoms with Gasteiger partial charge in [-0.25, -0.2) is 4.79 Å². The van der Waals surface area contributed by atoms with Gasteiger partial charge < -0.3 is 9.67 Å². The van der Waals surface area contributed by atoms with Crippen molar-refractivity contribution in [3.05, 3.63) is 35.5 Å². The van der Waals surface area contributed by atoms with Crippen LogP contribution < -0.4 is 0 Å². The maximum Gasteiger partial charge on any atom is 0.377 e. The maximum absolute atomic E-state index is 11.7. The molecule has 2 heterocycles. The first kappa shape index (κ1) is 11.5. The Kier molecular flexibility index (Phi) is 2.52. The molecule has 0 fully saturated rings. The second-order valence-corrected chi connectivity index (χ2v) is 5.48. The minimum absolute atomic E-state index is 0.261. The number of benzene rings is 1. The van der Waals surface area contributed by atoms with Gasteiger partial charge in [0, 0.05) is 23.0 Å². The van der Waals surface area contributed by atoms with E-state index in [0.29, 0.717) is 0 Å². The Morgan fingerprint density at radius 3 is 2.89 bits per heavy atom. The summed E-state index contributed by atoms with van der Waals surface area (Å²) in [6.07, 6.45) is 2.59. The molecule has 1 atom stereocenters. The van der Waals surface area contributed by atoms with Crippen molar-refractivity contribution in [3.8, 4) is 0 Å². The topological polar surface area (TPSA) is 59.3 Å². The van der Waals surface area contributed by atoms with E-state index in [2.05, 4.69) is 15.9 Å². The number of aromatic nitrogens is 1. The van der Waals surface area contributed by atoms with E-state index < -0.39 is 11.8 Å². The van der Waals surface area contributed by atoms with Crippen molar-refractivity contribution in [2.45, 2.75) is 17.8 Å². The highest BCUT2D eigenvalue weighted by atomic mass is 79.9. The van der Waals surface area contributed by atoms with Crippen molar-refractivity contribution in [1.29, 1.82) is 0 Å². The molecule has 1 aliphatic rings. The summed E-state index contributed by atoms with van der Waals surface area (Å²) in [5.41, 5.74) is 2.36. The molecule has 3 rings (SSSR count). The largest absolute Gasteiger partial charge is 0.475 e. The van der Waals surface area contributed by atoms with Crippen LogP contribution in [0.5, 0.6) is 0 Å². The van der Waals surface area contributed by atoms with Crippen LogP contribution in [0.1, 0.15) is 27.2 Å². The number of carboxylic acids is 1. The van der Waals surface area contributed by atoms with Crippen LogP contribution >= 0.6 is 15.9 Å². The average molecular weight is 308 g/mol. The van der Waals surface area contributed by atoms with Crippen LogP contribution in [-0.2, 0) is 11.3 Å². The molecule has 1 aliphatic heterocycles. The molecular formula is C13H10BrNO3. The van der Waals surface area contributed by atoms with Crippen molar-refractivity contribution < 1.29 is 14.7 Å². The van der Waals surface area contributed by atoms with Crippen LogP contribution in [0.2, 0.25) is 0 Å². The fraction of sp³-hybridized carbons (Fsp3) is 0.231. The van der Waals surface area contributed by atoms with Crippen molar-refractivity contribution >= 4 is 38.6 Å². The van der Waals surface area contributed by atoms with Gasteiger partial charge in [-0.15, -0.1) is 0 Å². The van der Waals surface area contributed by atoms with Gasteiger partial charge in [-0.2, -0.15) is 0 Å². The minimum Gasteiger partial charge on any atom is -0.475 e. The van der Waals surface area contributed by atoms with E-state index in [4.69, 9.17) is 5.11 Å². The molecule has 0 spiro atoms. The Hall–Kier alpha value is -1.62. The average Bonchev–Trinajstić information content (AvgIpc) is 2.73. The number of hydrogen-bond acceptors (Lipinski definition) is 2. The van der Waals surface area contributed by atoms with Crippen LogP contribution in [0.15, 0.2) is 24.4 Å². The lowest BCUT2D eigenvalue weighted by molar-refractivity contribution is -0.131. The molecule has 0 aliphatic carbocycles. The van der Waals surface area contributed by atoms with E-state index in [1.807, 2.05) is 16.7 Å². The van der Waals surface area contributed by atoms with Crippen molar-refractivity contribution in [3.63, 3.8) is 0 Å². The highest BCUT2D eigenvalue weighted by molar-refractivity contribution is 9.09. The lowest BCUT2D eigenvalue weighted by Crippen LogP contribution is -2.12. The van der Waals surface area contributed by atoms with E-state index in [1.165, 1.54) is 0 Å². The first-order valence-corrected chi connectivity index (χ1v) is 6.54. The van der Waals surface area contributed by atoms with Crippen LogP contribution in [0, 0.1) is 0 Å². The van der Waals surface area contributed by atoms with Gasteiger partial charge in [0.1, 0.15) is 0 Å². The number of hydrogen-bond donors (Lipinski definition) is 1.